The zero-order valence-electron chi connectivity index (χ0n) is 14.2. The van der Waals surface area contributed by atoms with E-state index in [4.69, 9.17) is 11.6 Å². The molecule has 0 spiro atoms. The van der Waals surface area contributed by atoms with E-state index in [0.717, 1.165) is 5.69 Å². The fraction of sp³-hybridized carbons (Fsp3) is 0.100. The van der Waals surface area contributed by atoms with E-state index in [1.54, 1.807) is 30.3 Å². The summed E-state index contributed by atoms with van der Waals surface area (Å²) in [5, 5.41) is 3.53. The Balaban J connectivity index is 1.68. The van der Waals surface area contributed by atoms with Crippen LogP contribution in [0.5, 0.6) is 0 Å². The minimum Gasteiger partial charge on any atom is -0.381 e. The monoisotopic (exact) mass is 386 g/mol. The van der Waals surface area contributed by atoms with Crippen LogP contribution in [-0.4, -0.2) is 8.42 Å². The summed E-state index contributed by atoms with van der Waals surface area (Å²) >= 11 is 5.98. The molecule has 3 aromatic rings. The van der Waals surface area contributed by atoms with E-state index in [1.165, 1.54) is 17.2 Å². The van der Waals surface area contributed by atoms with Crippen LogP contribution in [0.2, 0.25) is 5.02 Å². The molecule has 0 amide bonds. The second-order valence-electron chi connectivity index (χ2n) is 5.89. The SMILES string of the molecule is Cc1ccccc1CNc1ccc(NS(=O)(=O)c2ccccc2Cl)cc1. The molecule has 3 rings (SSSR count). The number of halogens is 1. The molecule has 0 aromatic heterocycles. The topological polar surface area (TPSA) is 58.2 Å². The number of aryl methyl sites for hydroxylation is 1. The van der Waals surface area contributed by atoms with E-state index in [0.29, 0.717) is 12.2 Å². The number of rotatable bonds is 6. The highest BCUT2D eigenvalue weighted by Gasteiger charge is 2.17. The van der Waals surface area contributed by atoms with Gasteiger partial charge in [0.15, 0.2) is 0 Å². The number of sulfonamides is 1. The molecule has 0 aliphatic rings. The average molecular weight is 387 g/mol. The van der Waals surface area contributed by atoms with Crippen molar-refractivity contribution in [1.82, 2.24) is 0 Å². The minimum atomic E-state index is -3.72. The van der Waals surface area contributed by atoms with Gasteiger partial charge in [-0.2, -0.15) is 0 Å². The lowest BCUT2D eigenvalue weighted by atomic mass is 10.1. The van der Waals surface area contributed by atoms with Gasteiger partial charge in [-0.15, -0.1) is 0 Å². The second kappa shape index (κ2) is 7.81. The molecule has 0 aliphatic heterocycles. The van der Waals surface area contributed by atoms with Crippen molar-refractivity contribution in [3.63, 3.8) is 0 Å². The summed E-state index contributed by atoms with van der Waals surface area (Å²) in [6.45, 7) is 2.78. The standard InChI is InChI=1S/C20H19ClN2O2S/c1-15-6-2-3-7-16(15)14-22-17-10-12-18(13-11-17)23-26(24,25)20-9-5-4-8-19(20)21/h2-13,22-23H,14H2,1H3. The zero-order valence-corrected chi connectivity index (χ0v) is 15.8. The van der Waals surface area contributed by atoms with Crippen molar-refractivity contribution >= 4 is 33.0 Å². The molecule has 0 radical (unpaired) electrons. The van der Waals surface area contributed by atoms with Gasteiger partial charge in [-0.3, -0.25) is 4.72 Å². The van der Waals surface area contributed by atoms with Gasteiger partial charge in [0.25, 0.3) is 10.0 Å². The van der Waals surface area contributed by atoms with Crippen LogP contribution < -0.4 is 10.0 Å². The number of anilines is 2. The van der Waals surface area contributed by atoms with Gasteiger partial charge < -0.3 is 5.32 Å². The summed E-state index contributed by atoms with van der Waals surface area (Å²) in [7, 11) is -3.72. The normalized spacial score (nSPS) is 11.2. The van der Waals surface area contributed by atoms with Gasteiger partial charge in [0, 0.05) is 17.9 Å². The summed E-state index contributed by atoms with van der Waals surface area (Å²) in [4.78, 5) is 0.0587. The van der Waals surface area contributed by atoms with Crippen LogP contribution in [0.25, 0.3) is 0 Å². The molecule has 134 valence electrons. The third-order valence-corrected chi connectivity index (χ3v) is 5.89. The molecule has 0 bridgehead atoms. The predicted octanol–water partition coefficient (Wildman–Crippen LogP) is 5.06. The Labute approximate surface area is 158 Å². The Morgan fingerprint density at radius 3 is 2.15 bits per heavy atom. The molecular weight excluding hydrogens is 368 g/mol. The fourth-order valence-electron chi connectivity index (χ4n) is 2.53. The molecule has 2 N–H and O–H groups in total. The molecule has 0 saturated carbocycles. The summed E-state index contributed by atoms with van der Waals surface area (Å²) in [6.07, 6.45) is 0. The van der Waals surface area contributed by atoms with Crippen LogP contribution in [0.15, 0.2) is 77.7 Å². The lowest BCUT2D eigenvalue weighted by molar-refractivity contribution is 0.601. The van der Waals surface area contributed by atoms with Crippen LogP contribution in [-0.2, 0) is 16.6 Å². The van der Waals surface area contributed by atoms with E-state index in [2.05, 4.69) is 29.1 Å². The molecule has 6 heteroatoms. The van der Waals surface area contributed by atoms with E-state index in [9.17, 15) is 8.42 Å². The molecule has 0 atom stereocenters. The number of benzene rings is 3. The Morgan fingerprint density at radius 1 is 0.846 bits per heavy atom. The smallest absolute Gasteiger partial charge is 0.263 e. The highest BCUT2D eigenvalue weighted by molar-refractivity contribution is 7.92. The summed E-state index contributed by atoms with van der Waals surface area (Å²) in [5.74, 6) is 0. The average Bonchev–Trinajstić information content (AvgIpc) is 2.62. The third kappa shape index (κ3) is 4.36. The largest absolute Gasteiger partial charge is 0.381 e. The quantitative estimate of drug-likeness (QED) is 0.622. The third-order valence-electron chi connectivity index (χ3n) is 4.01. The Morgan fingerprint density at radius 2 is 1.46 bits per heavy atom. The lowest BCUT2D eigenvalue weighted by Crippen LogP contribution is -2.13. The molecule has 26 heavy (non-hydrogen) atoms. The van der Waals surface area contributed by atoms with Gasteiger partial charge in [0.05, 0.1) is 5.02 Å². The van der Waals surface area contributed by atoms with Crippen molar-refractivity contribution in [3.8, 4) is 0 Å². The molecule has 0 heterocycles. The fourth-order valence-corrected chi connectivity index (χ4v) is 4.11. The van der Waals surface area contributed by atoms with Crippen LogP contribution in [0, 0.1) is 6.92 Å². The van der Waals surface area contributed by atoms with Gasteiger partial charge in [0.1, 0.15) is 4.90 Å². The molecular formula is C20H19ClN2O2S. The highest BCUT2D eigenvalue weighted by Crippen LogP contribution is 2.24. The van der Waals surface area contributed by atoms with Crippen LogP contribution >= 0.6 is 11.6 Å². The Hall–Kier alpha value is -2.50. The van der Waals surface area contributed by atoms with E-state index >= 15 is 0 Å². The van der Waals surface area contributed by atoms with Crippen molar-refractivity contribution < 1.29 is 8.42 Å². The molecule has 0 saturated heterocycles. The summed E-state index contributed by atoms with van der Waals surface area (Å²) < 4.78 is 27.4. The first kappa shape index (κ1) is 18.3. The molecule has 0 unspecified atom stereocenters. The van der Waals surface area contributed by atoms with E-state index < -0.39 is 10.0 Å². The maximum Gasteiger partial charge on any atom is 0.263 e. The molecule has 3 aromatic carbocycles. The highest BCUT2D eigenvalue weighted by atomic mass is 35.5. The number of nitrogens with one attached hydrogen (secondary N) is 2. The first-order valence-corrected chi connectivity index (χ1v) is 9.97. The maximum atomic E-state index is 12.4. The van der Waals surface area contributed by atoms with Crippen LogP contribution in [0.4, 0.5) is 11.4 Å². The van der Waals surface area contributed by atoms with E-state index in [1.807, 2.05) is 24.3 Å². The van der Waals surface area contributed by atoms with Crippen LogP contribution in [0.1, 0.15) is 11.1 Å². The maximum absolute atomic E-state index is 12.4. The van der Waals surface area contributed by atoms with E-state index in [-0.39, 0.29) is 9.92 Å². The zero-order chi connectivity index (χ0) is 18.6. The minimum absolute atomic E-state index is 0.0587. The Bertz CT molecular complexity index is 1000. The van der Waals surface area contributed by atoms with Crippen molar-refractivity contribution in [1.29, 1.82) is 0 Å². The Kier molecular flexibility index (Phi) is 5.49. The number of hydrogen-bond acceptors (Lipinski definition) is 3. The van der Waals surface area contributed by atoms with Crippen molar-refractivity contribution in [2.24, 2.45) is 0 Å². The second-order valence-corrected chi connectivity index (χ2v) is 7.95. The molecule has 0 aliphatic carbocycles. The first-order valence-electron chi connectivity index (χ1n) is 8.11. The number of hydrogen-bond donors (Lipinski definition) is 2. The van der Waals surface area contributed by atoms with Crippen LogP contribution in [0.3, 0.4) is 0 Å². The van der Waals surface area contributed by atoms with Gasteiger partial charge in [-0.25, -0.2) is 8.42 Å². The van der Waals surface area contributed by atoms with Crippen molar-refractivity contribution in [2.75, 3.05) is 10.0 Å². The van der Waals surface area contributed by atoms with Gasteiger partial charge in [0.2, 0.25) is 0 Å². The molecule has 0 fully saturated rings. The molecule has 4 nitrogen and oxygen atoms in total. The van der Waals surface area contributed by atoms with Crippen molar-refractivity contribution in [2.45, 2.75) is 18.4 Å². The summed E-state index contributed by atoms with van der Waals surface area (Å²) in [5.41, 5.74) is 3.83. The van der Waals surface area contributed by atoms with Crippen molar-refractivity contribution in [3.05, 3.63) is 88.9 Å². The van der Waals surface area contributed by atoms with Gasteiger partial charge in [-0.1, -0.05) is 48.0 Å². The van der Waals surface area contributed by atoms with Gasteiger partial charge >= 0.3 is 0 Å². The first-order chi connectivity index (χ1) is 12.5. The predicted molar refractivity (Wildman–Crippen MR) is 107 cm³/mol. The van der Waals surface area contributed by atoms with Gasteiger partial charge in [-0.05, 0) is 54.4 Å². The lowest BCUT2D eigenvalue weighted by Gasteiger charge is -2.11. The summed E-state index contributed by atoms with van der Waals surface area (Å²) in [6, 6.07) is 21.6.